The molecule has 3 heterocycles. The Hall–Kier alpha value is -3.51. The second-order valence-electron chi connectivity index (χ2n) is 6.15. The van der Waals surface area contributed by atoms with Gasteiger partial charge in [-0.1, -0.05) is 30.9 Å². The molecule has 2 N–H and O–H groups in total. The van der Waals surface area contributed by atoms with Gasteiger partial charge in [-0.25, -0.2) is 14.4 Å². The van der Waals surface area contributed by atoms with Crippen molar-refractivity contribution >= 4 is 29.5 Å². The average Bonchev–Trinajstić information content (AvgIpc) is 2.86. The van der Waals surface area contributed by atoms with Crippen LogP contribution in [0.15, 0.2) is 61.4 Å². The number of benzene rings is 1. The quantitative estimate of drug-likeness (QED) is 0.676. The predicted molar refractivity (Wildman–Crippen MR) is 104 cm³/mol. The molecule has 27 heavy (non-hydrogen) atoms. The topological polar surface area (TPSA) is 61.3 Å². The van der Waals surface area contributed by atoms with Crippen molar-refractivity contribution in [2.45, 2.75) is 6.54 Å². The molecule has 0 fully saturated rings. The van der Waals surface area contributed by atoms with Crippen molar-refractivity contribution in [2.24, 2.45) is 0 Å². The highest BCUT2D eigenvalue weighted by atomic mass is 19.1. The molecule has 0 unspecified atom stereocenters. The second kappa shape index (κ2) is 7.01. The maximum absolute atomic E-state index is 14.7. The Morgan fingerprint density at radius 3 is 2.22 bits per heavy atom. The first-order valence-electron chi connectivity index (χ1n) is 8.41. The van der Waals surface area contributed by atoms with Gasteiger partial charge in [0, 0.05) is 34.6 Å². The van der Waals surface area contributed by atoms with Crippen LogP contribution in [0.5, 0.6) is 0 Å². The van der Waals surface area contributed by atoms with Gasteiger partial charge < -0.3 is 4.90 Å². The summed E-state index contributed by atoms with van der Waals surface area (Å²) in [5.41, 5.74) is 5.02. The van der Waals surface area contributed by atoms with E-state index in [2.05, 4.69) is 16.5 Å². The molecule has 4 rings (SSSR count). The molecule has 3 aromatic rings. The van der Waals surface area contributed by atoms with E-state index in [1.807, 2.05) is 46.8 Å². The molecule has 0 atom stereocenters. The normalized spacial score (nSPS) is 12.1. The van der Waals surface area contributed by atoms with Crippen molar-refractivity contribution in [1.29, 1.82) is 0 Å². The summed E-state index contributed by atoms with van der Waals surface area (Å²) in [5.74, 6) is 1.04. The minimum absolute atomic E-state index is 0.235. The Morgan fingerprint density at radius 2 is 1.67 bits per heavy atom. The van der Waals surface area contributed by atoms with E-state index < -0.39 is 5.82 Å². The standard InChI is InChI=1S/C21H17FN4O/c1-14(25-27)17-8-9-18(19(22)12-17)13-26-20-15(4-2-10-23-20)6-7-16-5-3-11-24-21(16)26/h2-12,25,27H,1,13H2. The SMILES string of the molecule is C=C(NO)c1ccc(CN2c3ncccc3C=Cc3cccnc32)c(F)c1. The molecule has 1 aromatic carbocycles. The lowest BCUT2D eigenvalue weighted by atomic mass is 10.1. The molecule has 0 spiro atoms. The third kappa shape index (κ3) is 3.18. The third-order valence-electron chi connectivity index (χ3n) is 4.45. The van der Waals surface area contributed by atoms with Gasteiger partial charge in [0.15, 0.2) is 0 Å². The molecule has 0 bridgehead atoms. The number of fused-ring (bicyclic) bond motifs is 2. The lowest BCUT2D eigenvalue weighted by molar-refractivity contribution is 0.225. The fourth-order valence-corrected chi connectivity index (χ4v) is 3.06. The molecule has 134 valence electrons. The smallest absolute Gasteiger partial charge is 0.141 e. The zero-order valence-electron chi connectivity index (χ0n) is 14.4. The van der Waals surface area contributed by atoms with Crippen molar-refractivity contribution in [3.05, 3.63) is 89.5 Å². The van der Waals surface area contributed by atoms with Gasteiger partial charge in [-0.15, -0.1) is 0 Å². The predicted octanol–water partition coefficient (Wildman–Crippen LogP) is 4.39. The summed E-state index contributed by atoms with van der Waals surface area (Å²) in [4.78, 5) is 10.9. The molecule has 0 saturated heterocycles. The van der Waals surface area contributed by atoms with Gasteiger partial charge in [-0.05, 0) is 30.3 Å². The molecular weight excluding hydrogens is 343 g/mol. The van der Waals surface area contributed by atoms with Crippen LogP contribution in [0, 0.1) is 5.82 Å². The molecule has 6 heteroatoms. The summed E-state index contributed by atoms with van der Waals surface area (Å²) < 4.78 is 14.7. The van der Waals surface area contributed by atoms with Crippen LogP contribution < -0.4 is 10.4 Å². The highest BCUT2D eigenvalue weighted by Gasteiger charge is 2.21. The number of halogens is 1. The van der Waals surface area contributed by atoms with E-state index in [1.165, 1.54) is 6.07 Å². The van der Waals surface area contributed by atoms with E-state index in [-0.39, 0.29) is 12.2 Å². The minimum atomic E-state index is -0.393. The number of pyridine rings is 2. The molecule has 0 amide bonds. The zero-order valence-corrected chi connectivity index (χ0v) is 14.4. The van der Waals surface area contributed by atoms with E-state index in [0.29, 0.717) is 11.1 Å². The van der Waals surface area contributed by atoms with Gasteiger partial charge in [-0.3, -0.25) is 10.7 Å². The Kier molecular flexibility index (Phi) is 4.40. The molecule has 0 radical (unpaired) electrons. The first-order chi connectivity index (χ1) is 13.2. The number of aromatic nitrogens is 2. The summed E-state index contributed by atoms with van der Waals surface area (Å²) in [7, 11) is 0. The molecule has 5 nitrogen and oxygen atoms in total. The number of hydroxylamine groups is 1. The van der Waals surface area contributed by atoms with Crippen LogP contribution in [-0.4, -0.2) is 15.2 Å². The van der Waals surface area contributed by atoms with Gasteiger partial charge in [0.1, 0.15) is 17.5 Å². The fraction of sp³-hybridized carbons (Fsp3) is 0.0476. The van der Waals surface area contributed by atoms with Crippen LogP contribution in [0.1, 0.15) is 22.3 Å². The number of hydrogen-bond acceptors (Lipinski definition) is 5. The largest absolute Gasteiger partial charge is 0.305 e. The lowest BCUT2D eigenvalue weighted by Crippen LogP contribution is -2.21. The van der Waals surface area contributed by atoms with Crippen LogP contribution in [0.4, 0.5) is 16.0 Å². The third-order valence-corrected chi connectivity index (χ3v) is 4.45. The van der Waals surface area contributed by atoms with Crippen LogP contribution in [0.2, 0.25) is 0 Å². The average molecular weight is 360 g/mol. The van der Waals surface area contributed by atoms with E-state index in [9.17, 15) is 4.39 Å². The highest BCUT2D eigenvalue weighted by Crippen LogP contribution is 2.34. The summed E-state index contributed by atoms with van der Waals surface area (Å²) in [6.07, 6.45) is 7.40. The highest BCUT2D eigenvalue weighted by molar-refractivity contribution is 5.85. The number of hydrogen-bond donors (Lipinski definition) is 2. The summed E-state index contributed by atoms with van der Waals surface area (Å²) in [5, 5.41) is 8.96. The number of nitrogens with zero attached hydrogens (tertiary/aromatic N) is 3. The van der Waals surface area contributed by atoms with Gasteiger partial charge in [0.2, 0.25) is 0 Å². The Balaban J connectivity index is 1.78. The molecule has 0 aliphatic carbocycles. The van der Waals surface area contributed by atoms with Crippen LogP contribution >= 0.6 is 0 Å². The van der Waals surface area contributed by atoms with Crippen molar-refractivity contribution in [3.8, 4) is 0 Å². The maximum Gasteiger partial charge on any atom is 0.141 e. The van der Waals surface area contributed by atoms with E-state index in [0.717, 1.165) is 22.8 Å². The Bertz CT molecular complexity index is 998. The second-order valence-corrected chi connectivity index (χ2v) is 6.15. The van der Waals surface area contributed by atoms with Gasteiger partial charge in [0.25, 0.3) is 0 Å². The van der Waals surface area contributed by atoms with Crippen molar-refractivity contribution < 1.29 is 9.60 Å². The lowest BCUT2D eigenvalue weighted by Gasteiger charge is -2.25. The minimum Gasteiger partial charge on any atom is -0.305 e. The zero-order chi connectivity index (χ0) is 18.8. The summed E-state index contributed by atoms with van der Waals surface area (Å²) in [6.45, 7) is 3.90. The first kappa shape index (κ1) is 16.9. The molecule has 1 aliphatic rings. The fourth-order valence-electron chi connectivity index (χ4n) is 3.06. The van der Waals surface area contributed by atoms with Crippen LogP contribution in [0.25, 0.3) is 17.8 Å². The van der Waals surface area contributed by atoms with Gasteiger partial charge >= 0.3 is 0 Å². The number of rotatable bonds is 4. The van der Waals surface area contributed by atoms with E-state index >= 15 is 0 Å². The number of anilines is 2. The maximum atomic E-state index is 14.7. The first-order valence-corrected chi connectivity index (χ1v) is 8.41. The van der Waals surface area contributed by atoms with Crippen LogP contribution in [0.3, 0.4) is 0 Å². The Morgan fingerprint density at radius 1 is 1.04 bits per heavy atom. The van der Waals surface area contributed by atoms with Gasteiger partial charge in [-0.2, -0.15) is 0 Å². The van der Waals surface area contributed by atoms with E-state index in [1.54, 1.807) is 24.5 Å². The summed E-state index contributed by atoms with van der Waals surface area (Å²) >= 11 is 0. The van der Waals surface area contributed by atoms with Gasteiger partial charge in [0.05, 0.1) is 12.2 Å². The molecule has 0 saturated carbocycles. The van der Waals surface area contributed by atoms with E-state index in [4.69, 9.17) is 5.21 Å². The van der Waals surface area contributed by atoms with Crippen molar-refractivity contribution in [2.75, 3.05) is 4.90 Å². The monoisotopic (exact) mass is 360 g/mol. The molecule has 1 aliphatic heterocycles. The number of nitrogens with one attached hydrogen (secondary N) is 1. The Labute approximate surface area is 156 Å². The van der Waals surface area contributed by atoms with Crippen LogP contribution in [-0.2, 0) is 6.54 Å². The van der Waals surface area contributed by atoms with Crippen molar-refractivity contribution in [3.63, 3.8) is 0 Å². The molecule has 2 aromatic heterocycles. The molecular formula is C21H17FN4O. The summed E-state index contributed by atoms with van der Waals surface area (Å²) in [6, 6.07) is 12.4. The van der Waals surface area contributed by atoms with Crippen molar-refractivity contribution in [1.82, 2.24) is 15.4 Å².